The second kappa shape index (κ2) is 9.09. The zero-order valence-corrected chi connectivity index (χ0v) is 9.64. The lowest BCUT2D eigenvalue weighted by atomic mass is 10.2. The fourth-order valence-corrected chi connectivity index (χ4v) is 1.74. The van der Waals surface area contributed by atoms with E-state index in [4.69, 9.17) is 5.11 Å². The Morgan fingerprint density at radius 2 is 2.36 bits per heavy atom. The van der Waals surface area contributed by atoms with Crippen molar-refractivity contribution in [3.8, 4) is 0 Å². The van der Waals surface area contributed by atoms with Crippen LogP contribution in [0.15, 0.2) is 12.2 Å². The third-order valence-corrected chi connectivity index (χ3v) is 2.68. The molecular formula is C10H19NO2S. The second-order valence-corrected chi connectivity index (χ2v) is 4.43. The van der Waals surface area contributed by atoms with Crippen LogP contribution in [0.2, 0.25) is 0 Å². The largest absolute Gasteiger partial charge is 0.478 e. The molecule has 0 bridgehead atoms. The fraction of sp³-hybridized carbons (Fsp3) is 0.700. The van der Waals surface area contributed by atoms with Crippen LogP contribution < -0.4 is 5.32 Å². The summed E-state index contributed by atoms with van der Waals surface area (Å²) < 4.78 is 0. The van der Waals surface area contributed by atoms with Crippen molar-refractivity contribution >= 4 is 17.7 Å². The molecule has 0 radical (unpaired) electrons. The fourth-order valence-electron chi connectivity index (χ4n) is 0.935. The molecule has 0 aliphatic heterocycles. The van der Waals surface area contributed by atoms with E-state index in [1.54, 1.807) is 6.08 Å². The van der Waals surface area contributed by atoms with Crippen LogP contribution in [0.4, 0.5) is 0 Å². The predicted octanol–water partition coefficient (Wildman–Crippen LogP) is 1.75. The molecule has 4 heteroatoms. The van der Waals surface area contributed by atoms with Crippen molar-refractivity contribution in [3.63, 3.8) is 0 Å². The van der Waals surface area contributed by atoms with Crippen LogP contribution in [-0.4, -0.2) is 35.2 Å². The van der Waals surface area contributed by atoms with Gasteiger partial charge in [-0.1, -0.05) is 13.0 Å². The SMILES string of the molecule is CCSCCC(C)NC/C=C/C(=O)O. The number of nitrogens with one attached hydrogen (secondary N) is 1. The minimum Gasteiger partial charge on any atom is -0.478 e. The van der Waals surface area contributed by atoms with Crippen molar-refractivity contribution in [2.24, 2.45) is 0 Å². The molecule has 2 N–H and O–H groups in total. The molecule has 14 heavy (non-hydrogen) atoms. The van der Waals surface area contributed by atoms with Gasteiger partial charge in [-0.15, -0.1) is 0 Å². The molecule has 0 aromatic carbocycles. The Bertz CT molecular complexity index is 183. The molecular weight excluding hydrogens is 198 g/mol. The van der Waals surface area contributed by atoms with Gasteiger partial charge in [-0.05, 0) is 24.9 Å². The van der Waals surface area contributed by atoms with Crippen LogP contribution in [-0.2, 0) is 4.79 Å². The number of hydrogen-bond donors (Lipinski definition) is 2. The molecule has 0 amide bonds. The van der Waals surface area contributed by atoms with Gasteiger partial charge in [-0.2, -0.15) is 11.8 Å². The molecule has 82 valence electrons. The molecule has 0 heterocycles. The quantitative estimate of drug-likeness (QED) is 0.480. The number of carbonyl (C=O) groups is 1. The Morgan fingerprint density at radius 1 is 1.64 bits per heavy atom. The normalized spacial score (nSPS) is 13.3. The lowest BCUT2D eigenvalue weighted by Crippen LogP contribution is -2.26. The maximum Gasteiger partial charge on any atom is 0.328 e. The number of carboxylic acid groups (broad SMARTS) is 1. The summed E-state index contributed by atoms with van der Waals surface area (Å²) in [6.45, 7) is 4.90. The van der Waals surface area contributed by atoms with Gasteiger partial charge in [-0.25, -0.2) is 4.79 Å². The molecule has 0 aliphatic carbocycles. The minimum atomic E-state index is -0.888. The number of aliphatic carboxylic acids is 1. The number of rotatable bonds is 8. The monoisotopic (exact) mass is 217 g/mol. The van der Waals surface area contributed by atoms with Gasteiger partial charge in [0.05, 0.1) is 0 Å². The molecule has 0 saturated heterocycles. The van der Waals surface area contributed by atoms with E-state index in [9.17, 15) is 4.79 Å². The van der Waals surface area contributed by atoms with Gasteiger partial charge in [0.1, 0.15) is 0 Å². The summed E-state index contributed by atoms with van der Waals surface area (Å²) in [5.74, 6) is 1.43. The summed E-state index contributed by atoms with van der Waals surface area (Å²) in [6, 6.07) is 0.451. The van der Waals surface area contributed by atoms with Gasteiger partial charge in [0.2, 0.25) is 0 Å². The molecule has 0 spiro atoms. The highest BCUT2D eigenvalue weighted by atomic mass is 32.2. The van der Waals surface area contributed by atoms with E-state index in [0.29, 0.717) is 12.6 Å². The van der Waals surface area contributed by atoms with Crippen molar-refractivity contribution in [2.75, 3.05) is 18.1 Å². The Labute approximate surface area is 90.0 Å². The second-order valence-electron chi connectivity index (χ2n) is 3.04. The van der Waals surface area contributed by atoms with Crippen LogP contribution in [0, 0.1) is 0 Å². The van der Waals surface area contributed by atoms with Crippen molar-refractivity contribution in [3.05, 3.63) is 12.2 Å². The van der Waals surface area contributed by atoms with Gasteiger partial charge in [0.15, 0.2) is 0 Å². The van der Waals surface area contributed by atoms with Crippen molar-refractivity contribution in [1.29, 1.82) is 0 Å². The highest BCUT2D eigenvalue weighted by molar-refractivity contribution is 7.99. The Hall–Kier alpha value is -0.480. The van der Waals surface area contributed by atoms with Gasteiger partial charge < -0.3 is 10.4 Å². The van der Waals surface area contributed by atoms with Crippen LogP contribution in [0.3, 0.4) is 0 Å². The minimum absolute atomic E-state index is 0.451. The molecule has 0 rings (SSSR count). The van der Waals surface area contributed by atoms with E-state index in [1.807, 2.05) is 11.8 Å². The van der Waals surface area contributed by atoms with Crippen LogP contribution >= 0.6 is 11.8 Å². The van der Waals surface area contributed by atoms with E-state index in [-0.39, 0.29) is 0 Å². The van der Waals surface area contributed by atoms with E-state index in [0.717, 1.165) is 17.9 Å². The number of thioether (sulfide) groups is 1. The first-order chi connectivity index (χ1) is 6.66. The summed E-state index contributed by atoms with van der Waals surface area (Å²) in [7, 11) is 0. The van der Waals surface area contributed by atoms with Crippen LogP contribution in [0.25, 0.3) is 0 Å². The molecule has 1 atom stereocenters. The first kappa shape index (κ1) is 13.5. The van der Waals surface area contributed by atoms with Crippen molar-refractivity contribution in [1.82, 2.24) is 5.32 Å². The summed E-state index contributed by atoms with van der Waals surface area (Å²) in [4.78, 5) is 10.1. The van der Waals surface area contributed by atoms with E-state index >= 15 is 0 Å². The van der Waals surface area contributed by atoms with Gasteiger partial charge in [0.25, 0.3) is 0 Å². The third kappa shape index (κ3) is 9.61. The molecule has 0 aliphatic rings. The highest BCUT2D eigenvalue weighted by Crippen LogP contribution is 2.03. The Balaban J connectivity index is 3.34. The predicted molar refractivity (Wildman–Crippen MR) is 61.9 cm³/mol. The molecule has 0 fully saturated rings. The maximum absolute atomic E-state index is 10.1. The van der Waals surface area contributed by atoms with Crippen molar-refractivity contribution in [2.45, 2.75) is 26.3 Å². The topological polar surface area (TPSA) is 49.3 Å². The molecule has 0 saturated carbocycles. The van der Waals surface area contributed by atoms with Crippen molar-refractivity contribution < 1.29 is 9.90 Å². The van der Waals surface area contributed by atoms with E-state index in [1.165, 1.54) is 6.08 Å². The highest BCUT2D eigenvalue weighted by Gasteiger charge is 1.98. The van der Waals surface area contributed by atoms with Gasteiger partial charge >= 0.3 is 5.97 Å². The standard InChI is InChI=1S/C10H19NO2S/c1-3-14-8-6-9(2)11-7-4-5-10(12)13/h4-5,9,11H,3,6-8H2,1-2H3,(H,12,13)/b5-4+. The lowest BCUT2D eigenvalue weighted by Gasteiger charge is -2.10. The van der Waals surface area contributed by atoms with Crippen LogP contribution in [0.5, 0.6) is 0 Å². The third-order valence-electron chi connectivity index (χ3n) is 1.74. The summed E-state index contributed by atoms with van der Waals surface area (Å²) in [5, 5.41) is 11.6. The molecule has 3 nitrogen and oxygen atoms in total. The smallest absolute Gasteiger partial charge is 0.328 e. The average Bonchev–Trinajstić information content (AvgIpc) is 2.13. The van der Waals surface area contributed by atoms with Crippen LogP contribution in [0.1, 0.15) is 20.3 Å². The zero-order chi connectivity index (χ0) is 10.8. The van der Waals surface area contributed by atoms with Gasteiger partial charge in [0, 0.05) is 18.7 Å². The molecule has 0 aromatic rings. The first-order valence-corrected chi connectivity index (χ1v) is 6.02. The summed E-state index contributed by atoms with van der Waals surface area (Å²) in [5.41, 5.74) is 0. The van der Waals surface area contributed by atoms with E-state index in [2.05, 4.69) is 19.2 Å². The Kier molecular flexibility index (Phi) is 8.78. The summed E-state index contributed by atoms with van der Waals surface area (Å²) in [6.07, 6.45) is 3.92. The van der Waals surface area contributed by atoms with Gasteiger partial charge in [-0.3, -0.25) is 0 Å². The Morgan fingerprint density at radius 3 is 2.93 bits per heavy atom. The number of hydrogen-bond acceptors (Lipinski definition) is 3. The molecule has 1 unspecified atom stereocenters. The average molecular weight is 217 g/mol. The lowest BCUT2D eigenvalue weighted by molar-refractivity contribution is -0.131. The summed E-state index contributed by atoms with van der Waals surface area (Å²) >= 11 is 1.93. The van der Waals surface area contributed by atoms with E-state index < -0.39 is 5.97 Å². The first-order valence-electron chi connectivity index (χ1n) is 4.87. The number of carboxylic acids is 1. The zero-order valence-electron chi connectivity index (χ0n) is 8.82. The maximum atomic E-state index is 10.1. The molecule has 0 aromatic heterocycles.